The van der Waals surface area contributed by atoms with Crippen LogP contribution in [-0.4, -0.2) is 11.1 Å². The molecule has 0 aromatic rings. The van der Waals surface area contributed by atoms with Gasteiger partial charge in [-0.2, -0.15) is 0 Å². The molecule has 0 atom stereocenters. The molecule has 0 aliphatic carbocycles. The third kappa shape index (κ3) is 18.2. The summed E-state index contributed by atoms with van der Waals surface area (Å²) in [4.78, 5) is 10.3. The van der Waals surface area contributed by atoms with Gasteiger partial charge in [0.15, 0.2) is 0 Å². The largest absolute Gasteiger partial charge is 0.481 e. The van der Waals surface area contributed by atoms with Gasteiger partial charge in [0, 0.05) is 6.42 Å². The Morgan fingerprint density at radius 3 is 2.09 bits per heavy atom. The van der Waals surface area contributed by atoms with Crippen molar-refractivity contribution >= 4 is 5.97 Å². The zero-order valence-corrected chi connectivity index (χ0v) is 13.8. The average molecular weight is 302 g/mol. The number of aliphatic carboxylic acids is 1. The summed E-state index contributed by atoms with van der Waals surface area (Å²) in [5.74, 6) is -0.727. The van der Waals surface area contributed by atoms with Crippen molar-refractivity contribution in [2.45, 2.75) is 58.3 Å². The summed E-state index contributed by atoms with van der Waals surface area (Å²) >= 11 is 0. The van der Waals surface area contributed by atoms with Gasteiger partial charge in [0.25, 0.3) is 0 Å². The molecule has 0 amide bonds. The molecule has 122 valence electrons. The summed E-state index contributed by atoms with van der Waals surface area (Å²) in [6.45, 7) is 2.22. The van der Waals surface area contributed by atoms with Gasteiger partial charge in [-0.25, -0.2) is 0 Å². The minimum atomic E-state index is -0.727. The van der Waals surface area contributed by atoms with Crippen LogP contribution in [0.15, 0.2) is 60.8 Å². The highest BCUT2D eigenvalue weighted by Gasteiger charge is 1.92. The van der Waals surface area contributed by atoms with Crippen LogP contribution in [0.1, 0.15) is 58.3 Å². The fourth-order valence-corrected chi connectivity index (χ4v) is 1.76. The Morgan fingerprint density at radius 2 is 1.41 bits per heavy atom. The van der Waals surface area contributed by atoms with E-state index < -0.39 is 5.97 Å². The van der Waals surface area contributed by atoms with E-state index in [0.29, 0.717) is 6.42 Å². The van der Waals surface area contributed by atoms with Crippen LogP contribution in [-0.2, 0) is 4.79 Å². The number of allylic oxidation sites excluding steroid dienone is 10. The van der Waals surface area contributed by atoms with Gasteiger partial charge >= 0.3 is 5.97 Å². The normalized spacial score (nSPS) is 12.8. The van der Waals surface area contributed by atoms with Gasteiger partial charge in [0.05, 0.1) is 0 Å². The van der Waals surface area contributed by atoms with E-state index in [0.717, 1.165) is 12.8 Å². The van der Waals surface area contributed by atoms with E-state index >= 15 is 0 Å². The van der Waals surface area contributed by atoms with Crippen molar-refractivity contribution in [2.24, 2.45) is 0 Å². The first-order chi connectivity index (χ1) is 10.8. The molecular formula is C20H30O2. The first-order valence-corrected chi connectivity index (χ1v) is 8.29. The zero-order chi connectivity index (χ0) is 16.3. The molecule has 0 saturated heterocycles. The predicted molar refractivity (Wildman–Crippen MR) is 95.9 cm³/mol. The Balaban J connectivity index is 3.55. The fraction of sp³-hybridized carbons (Fsp3) is 0.450. The summed E-state index contributed by atoms with van der Waals surface area (Å²) in [7, 11) is 0. The molecule has 0 aromatic carbocycles. The number of rotatable bonds is 13. The second-order valence-electron chi connectivity index (χ2n) is 5.11. The van der Waals surface area contributed by atoms with Crippen LogP contribution in [0.25, 0.3) is 0 Å². The topological polar surface area (TPSA) is 37.3 Å². The maximum atomic E-state index is 10.3. The van der Waals surface area contributed by atoms with E-state index in [2.05, 4.69) is 31.2 Å². The van der Waals surface area contributed by atoms with Crippen LogP contribution in [0.5, 0.6) is 0 Å². The summed E-state index contributed by atoms with van der Waals surface area (Å²) < 4.78 is 0. The van der Waals surface area contributed by atoms with E-state index in [9.17, 15) is 4.79 Å². The molecule has 0 rings (SSSR count). The van der Waals surface area contributed by atoms with Crippen molar-refractivity contribution in [2.75, 3.05) is 0 Å². The first-order valence-electron chi connectivity index (χ1n) is 8.29. The van der Waals surface area contributed by atoms with Crippen molar-refractivity contribution in [3.8, 4) is 0 Å². The molecule has 0 aromatic heterocycles. The standard InChI is InChI=1S/C20H30O2/c1-2-3-4-5-6-7-8-9-10-11-12-13-14-15-16-17-18-19-20(21)22/h6-7,9-16H,2-5,8,17-19H2,1H3,(H,21,22)/b7-6-,10-9-,12-11+,14-13+,16-15+. The minimum Gasteiger partial charge on any atom is -0.481 e. The lowest BCUT2D eigenvalue weighted by Gasteiger charge is -1.90. The number of hydrogen-bond donors (Lipinski definition) is 1. The van der Waals surface area contributed by atoms with E-state index in [-0.39, 0.29) is 6.42 Å². The summed E-state index contributed by atoms with van der Waals surface area (Å²) in [5.41, 5.74) is 0. The van der Waals surface area contributed by atoms with Gasteiger partial charge < -0.3 is 5.11 Å². The van der Waals surface area contributed by atoms with Gasteiger partial charge in [-0.3, -0.25) is 4.79 Å². The maximum absolute atomic E-state index is 10.3. The van der Waals surface area contributed by atoms with Crippen LogP contribution in [0.2, 0.25) is 0 Å². The molecule has 0 aliphatic rings. The molecule has 0 heterocycles. The summed E-state index contributed by atoms with van der Waals surface area (Å²) in [6.07, 6.45) is 28.4. The number of carboxylic acids is 1. The lowest BCUT2D eigenvalue weighted by molar-refractivity contribution is -0.137. The Morgan fingerprint density at radius 1 is 0.773 bits per heavy atom. The number of carbonyl (C=O) groups is 1. The predicted octanol–water partition coefficient (Wildman–Crippen LogP) is 5.99. The molecule has 0 radical (unpaired) electrons. The van der Waals surface area contributed by atoms with E-state index in [4.69, 9.17) is 5.11 Å². The minimum absolute atomic E-state index is 0.242. The third-order valence-corrected chi connectivity index (χ3v) is 3.00. The summed E-state index contributed by atoms with van der Waals surface area (Å²) in [6, 6.07) is 0. The number of hydrogen-bond acceptors (Lipinski definition) is 1. The lowest BCUT2D eigenvalue weighted by Crippen LogP contribution is -1.92. The van der Waals surface area contributed by atoms with Crippen LogP contribution in [0.4, 0.5) is 0 Å². The van der Waals surface area contributed by atoms with Crippen molar-refractivity contribution in [3.05, 3.63) is 60.8 Å². The Hall–Kier alpha value is -1.83. The molecule has 2 nitrogen and oxygen atoms in total. The number of unbranched alkanes of at least 4 members (excludes halogenated alkanes) is 4. The van der Waals surface area contributed by atoms with Crippen molar-refractivity contribution in [1.29, 1.82) is 0 Å². The van der Waals surface area contributed by atoms with Crippen LogP contribution < -0.4 is 0 Å². The highest BCUT2D eigenvalue weighted by molar-refractivity contribution is 5.66. The highest BCUT2D eigenvalue weighted by Crippen LogP contribution is 2.00. The Labute approximate surface area is 135 Å². The molecule has 0 unspecified atom stereocenters. The molecule has 0 fully saturated rings. The molecule has 0 bridgehead atoms. The molecular weight excluding hydrogens is 272 g/mol. The van der Waals surface area contributed by atoms with Crippen molar-refractivity contribution < 1.29 is 9.90 Å². The van der Waals surface area contributed by atoms with Gasteiger partial charge in [0.1, 0.15) is 0 Å². The Bertz CT molecular complexity index is 398. The smallest absolute Gasteiger partial charge is 0.303 e. The second kappa shape index (κ2) is 17.2. The van der Waals surface area contributed by atoms with Gasteiger partial charge in [-0.1, -0.05) is 80.5 Å². The monoisotopic (exact) mass is 302 g/mol. The molecule has 0 saturated carbocycles. The highest BCUT2D eigenvalue weighted by atomic mass is 16.4. The van der Waals surface area contributed by atoms with Gasteiger partial charge in [-0.05, 0) is 32.1 Å². The molecule has 2 heteroatoms. The lowest BCUT2D eigenvalue weighted by atomic mass is 10.2. The van der Waals surface area contributed by atoms with Crippen molar-refractivity contribution in [1.82, 2.24) is 0 Å². The zero-order valence-electron chi connectivity index (χ0n) is 13.8. The number of carboxylic acid groups (broad SMARTS) is 1. The van der Waals surface area contributed by atoms with Crippen LogP contribution in [0.3, 0.4) is 0 Å². The van der Waals surface area contributed by atoms with E-state index in [1.807, 2.05) is 36.5 Å². The van der Waals surface area contributed by atoms with Crippen molar-refractivity contribution in [3.63, 3.8) is 0 Å². The maximum Gasteiger partial charge on any atom is 0.303 e. The molecule has 0 aliphatic heterocycles. The quantitative estimate of drug-likeness (QED) is 0.258. The third-order valence-electron chi connectivity index (χ3n) is 3.00. The van der Waals surface area contributed by atoms with Crippen LogP contribution >= 0.6 is 0 Å². The molecule has 0 spiro atoms. The fourth-order valence-electron chi connectivity index (χ4n) is 1.76. The SMILES string of the molecule is CCCCC/C=C\C\C=C/C=C/C=C/C=C/CCCC(=O)O. The first kappa shape index (κ1) is 20.2. The van der Waals surface area contributed by atoms with Gasteiger partial charge in [0.2, 0.25) is 0 Å². The average Bonchev–Trinajstić information content (AvgIpc) is 2.50. The second-order valence-corrected chi connectivity index (χ2v) is 5.11. The Kier molecular flexibility index (Phi) is 15.8. The van der Waals surface area contributed by atoms with E-state index in [1.54, 1.807) is 0 Å². The van der Waals surface area contributed by atoms with E-state index in [1.165, 1.54) is 25.7 Å². The summed E-state index contributed by atoms with van der Waals surface area (Å²) in [5, 5.41) is 8.48. The van der Waals surface area contributed by atoms with Crippen LogP contribution in [0, 0.1) is 0 Å². The molecule has 1 N–H and O–H groups in total. The molecule has 22 heavy (non-hydrogen) atoms. The van der Waals surface area contributed by atoms with Gasteiger partial charge in [-0.15, -0.1) is 0 Å².